The standard InChI is InChI=1S/C14H23ClN2O/c1-3-11-13(15)12(17(4-2)16-11)10-14(18)8-6-5-7-9-14/h18H,3-10H2,1-2H3. The maximum absolute atomic E-state index is 10.7. The predicted octanol–water partition coefficient (Wildman–Crippen LogP) is 3.36. The SMILES string of the molecule is CCc1nn(CC)c(CC2(O)CCCCC2)c1Cl. The van der Waals surface area contributed by atoms with Crippen LogP contribution in [0.5, 0.6) is 0 Å². The summed E-state index contributed by atoms with van der Waals surface area (Å²) >= 11 is 6.40. The van der Waals surface area contributed by atoms with Gasteiger partial charge in [-0.25, -0.2) is 0 Å². The van der Waals surface area contributed by atoms with E-state index < -0.39 is 5.60 Å². The van der Waals surface area contributed by atoms with Crippen LogP contribution in [0.4, 0.5) is 0 Å². The molecule has 1 aliphatic rings. The van der Waals surface area contributed by atoms with Gasteiger partial charge >= 0.3 is 0 Å². The zero-order chi connectivity index (χ0) is 13.2. The molecule has 0 amide bonds. The lowest BCUT2D eigenvalue weighted by Crippen LogP contribution is -2.34. The number of hydrogen-bond donors (Lipinski definition) is 1. The lowest BCUT2D eigenvalue weighted by molar-refractivity contribution is 0.00280. The summed E-state index contributed by atoms with van der Waals surface area (Å²) in [7, 11) is 0. The zero-order valence-electron chi connectivity index (χ0n) is 11.4. The fraction of sp³-hybridized carbons (Fsp3) is 0.786. The van der Waals surface area contributed by atoms with Gasteiger partial charge in [-0.15, -0.1) is 0 Å². The molecular formula is C14H23ClN2O. The van der Waals surface area contributed by atoms with Gasteiger partial charge in [0.15, 0.2) is 0 Å². The Morgan fingerprint density at radius 1 is 1.28 bits per heavy atom. The van der Waals surface area contributed by atoms with Crippen LogP contribution in [-0.2, 0) is 19.4 Å². The molecule has 1 heterocycles. The van der Waals surface area contributed by atoms with Crippen LogP contribution in [-0.4, -0.2) is 20.5 Å². The summed E-state index contributed by atoms with van der Waals surface area (Å²) < 4.78 is 1.95. The van der Waals surface area contributed by atoms with E-state index in [0.29, 0.717) is 6.42 Å². The third-order valence-electron chi connectivity index (χ3n) is 3.97. The minimum Gasteiger partial charge on any atom is -0.389 e. The highest BCUT2D eigenvalue weighted by molar-refractivity contribution is 6.31. The van der Waals surface area contributed by atoms with Crippen LogP contribution in [0.15, 0.2) is 0 Å². The van der Waals surface area contributed by atoms with Crippen molar-refractivity contribution in [1.82, 2.24) is 9.78 Å². The first-order chi connectivity index (χ1) is 8.59. The zero-order valence-corrected chi connectivity index (χ0v) is 12.1. The first-order valence-corrected chi connectivity index (χ1v) is 7.44. The van der Waals surface area contributed by atoms with E-state index >= 15 is 0 Å². The van der Waals surface area contributed by atoms with Crippen LogP contribution in [0, 0.1) is 0 Å². The Balaban J connectivity index is 2.24. The Kier molecular flexibility index (Phi) is 4.33. The normalized spacial score (nSPS) is 19.1. The van der Waals surface area contributed by atoms with E-state index in [9.17, 15) is 5.11 Å². The van der Waals surface area contributed by atoms with E-state index in [1.807, 2.05) is 4.68 Å². The van der Waals surface area contributed by atoms with Crippen molar-refractivity contribution in [2.24, 2.45) is 0 Å². The van der Waals surface area contributed by atoms with Crippen molar-refractivity contribution in [1.29, 1.82) is 0 Å². The molecule has 102 valence electrons. The summed E-state index contributed by atoms with van der Waals surface area (Å²) in [5, 5.41) is 15.9. The number of aromatic nitrogens is 2. The maximum atomic E-state index is 10.7. The lowest BCUT2D eigenvalue weighted by atomic mass is 9.81. The Labute approximate surface area is 114 Å². The molecule has 4 heteroatoms. The van der Waals surface area contributed by atoms with Gasteiger partial charge in [-0.3, -0.25) is 4.68 Å². The van der Waals surface area contributed by atoms with Crippen molar-refractivity contribution < 1.29 is 5.11 Å². The quantitative estimate of drug-likeness (QED) is 0.911. The first-order valence-electron chi connectivity index (χ1n) is 7.06. The topological polar surface area (TPSA) is 38.0 Å². The Morgan fingerprint density at radius 3 is 2.50 bits per heavy atom. The van der Waals surface area contributed by atoms with E-state index in [1.54, 1.807) is 0 Å². The average molecular weight is 271 g/mol. The van der Waals surface area contributed by atoms with Gasteiger partial charge in [-0.1, -0.05) is 37.8 Å². The summed E-state index contributed by atoms with van der Waals surface area (Å²) in [5.41, 5.74) is 1.40. The molecule has 0 bridgehead atoms. The second-order valence-electron chi connectivity index (χ2n) is 5.34. The number of halogens is 1. The van der Waals surface area contributed by atoms with Gasteiger partial charge in [0.05, 0.1) is 22.0 Å². The molecule has 0 saturated heterocycles. The third kappa shape index (κ3) is 2.72. The van der Waals surface area contributed by atoms with Crippen molar-refractivity contribution in [2.75, 3.05) is 0 Å². The van der Waals surface area contributed by atoms with Crippen LogP contribution < -0.4 is 0 Å². The average Bonchev–Trinajstić information content (AvgIpc) is 2.67. The molecule has 1 saturated carbocycles. The largest absolute Gasteiger partial charge is 0.389 e. The second kappa shape index (κ2) is 5.62. The van der Waals surface area contributed by atoms with Crippen LogP contribution in [0.2, 0.25) is 5.02 Å². The van der Waals surface area contributed by atoms with Crippen LogP contribution in [0.1, 0.15) is 57.3 Å². The number of aliphatic hydroxyl groups is 1. The van der Waals surface area contributed by atoms with Crippen molar-refractivity contribution >= 4 is 11.6 Å². The molecule has 0 spiro atoms. The molecule has 1 aliphatic carbocycles. The summed E-state index contributed by atoms with van der Waals surface area (Å²) in [6, 6.07) is 0. The van der Waals surface area contributed by atoms with E-state index in [2.05, 4.69) is 18.9 Å². The van der Waals surface area contributed by atoms with Crippen molar-refractivity contribution in [3.05, 3.63) is 16.4 Å². The fourth-order valence-corrected chi connectivity index (χ4v) is 3.22. The predicted molar refractivity (Wildman–Crippen MR) is 74.0 cm³/mol. The molecule has 0 atom stereocenters. The van der Waals surface area contributed by atoms with Gasteiger partial charge in [0.1, 0.15) is 0 Å². The number of hydrogen-bond acceptors (Lipinski definition) is 2. The summed E-state index contributed by atoms with van der Waals surface area (Å²) in [5.74, 6) is 0. The van der Waals surface area contributed by atoms with E-state index in [-0.39, 0.29) is 0 Å². The minimum absolute atomic E-state index is 0.570. The molecule has 0 aliphatic heterocycles. The smallest absolute Gasteiger partial charge is 0.0850 e. The molecule has 1 aromatic heterocycles. The molecule has 0 aromatic carbocycles. The molecule has 18 heavy (non-hydrogen) atoms. The molecule has 0 unspecified atom stereocenters. The second-order valence-corrected chi connectivity index (χ2v) is 5.72. The molecule has 1 N–H and O–H groups in total. The monoisotopic (exact) mass is 270 g/mol. The number of nitrogens with zero attached hydrogens (tertiary/aromatic N) is 2. The van der Waals surface area contributed by atoms with Gasteiger partial charge in [0, 0.05) is 13.0 Å². The van der Waals surface area contributed by atoms with E-state index in [1.165, 1.54) is 6.42 Å². The number of aryl methyl sites for hydroxylation is 2. The Hall–Kier alpha value is -0.540. The highest BCUT2D eigenvalue weighted by Crippen LogP contribution is 2.34. The van der Waals surface area contributed by atoms with Crippen molar-refractivity contribution in [3.8, 4) is 0 Å². The van der Waals surface area contributed by atoms with Crippen LogP contribution in [0.3, 0.4) is 0 Å². The third-order valence-corrected chi connectivity index (χ3v) is 4.41. The van der Waals surface area contributed by atoms with Crippen LogP contribution >= 0.6 is 11.6 Å². The Bertz CT molecular complexity index is 408. The van der Waals surface area contributed by atoms with Gasteiger partial charge in [-0.2, -0.15) is 5.10 Å². The molecule has 0 radical (unpaired) electrons. The molecular weight excluding hydrogens is 248 g/mol. The van der Waals surface area contributed by atoms with Gasteiger partial charge in [0.25, 0.3) is 0 Å². The van der Waals surface area contributed by atoms with E-state index in [0.717, 1.165) is 55.1 Å². The van der Waals surface area contributed by atoms with Crippen molar-refractivity contribution in [3.63, 3.8) is 0 Å². The van der Waals surface area contributed by atoms with Gasteiger partial charge < -0.3 is 5.11 Å². The molecule has 1 fully saturated rings. The van der Waals surface area contributed by atoms with Crippen molar-refractivity contribution in [2.45, 2.75) is 70.9 Å². The lowest BCUT2D eigenvalue weighted by Gasteiger charge is -2.32. The van der Waals surface area contributed by atoms with E-state index in [4.69, 9.17) is 11.6 Å². The summed E-state index contributed by atoms with van der Waals surface area (Å²) in [6.07, 6.45) is 6.75. The van der Waals surface area contributed by atoms with Gasteiger partial charge in [-0.05, 0) is 26.2 Å². The summed E-state index contributed by atoms with van der Waals surface area (Å²) in [6.45, 7) is 4.94. The molecule has 3 nitrogen and oxygen atoms in total. The maximum Gasteiger partial charge on any atom is 0.0850 e. The highest BCUT2D eigenvalue weighted by Gasteiger charge is 2.32. The minimum atomic E-state index is -0.570. The molecule has 2 rings (SSSR count). The Morgan fingerprint density at radius 2 is 1.94 bits per heavy atom. The first kappa shape index (κ1) is 13.9. The fourth-order valence-electron chi connectivity index (χ4n) is 2.88. The highest BCUT2D eigenvalue weighted by atomic mass is 35.5. The molecule has 1 aromatic rings. The summed E-state index contributed by atoms with van der Waals surface area (Å²) in [4.78, 5) is 0. The number of rotatable bonds is 4. The van der Waals surface area contributed by atoms with Gasteiger partial charge in [0.2, 0.25) is 0 Å². The van der Waals surface area contributed by atoms with Crippen LogP contribution in [0.25, 0.3) is 0 Å².